The molecule has 0 unspecified atom stereocenters. The first-order valence-corrected chi connectivity index (χ1v) is 5.82. The van der Waals surface area contributed by atoms with E-state index in [1.807, 2.05) is 30.3 Å². The quantitative estimate of drug-likeness (QED) is 0.727. The number of rotatable bonds is 1. The van der Waals surface area contributed by atoms with Crippen molar-refractivity contribution in [1.82, 2.24) is 5.32 Å². The van der Waals surface area contributed by atoms with Crippen molar-refractivity contribution in [2.45, 2.75) is 30.9 Å². The molecule has 0 bridgehead atoms. The molecule has 1 heterocycles. The fourth-order valence-corrected chi connectivity index (χ4v) is 3.24. The number of aliphatic hydroxyl groups is 1. The SMILES string of the molecule is O[C@]1(c2ccccc2)CC[C@@H]2CCN[C@@H]21. The largest absolute Gasteiger partial charge is 0.384 e. The topological polar surface area (TPSA) is 32.3 Å². The van der Waals surface area contributed by atoms with Crippen LogP contribution in [0.15, 0.2) is 30.3 Å². The summed E-state index contributed by atoms with van der Waals surface area (Å²) < 4.78 is 0. The third-order valence-corrected chi connectivity index (χ3v) is 4.04. The Bertz CT molecular complexity index is 351. The zero-order valence-electron chi connectivity index (χ0n) is 8.82. The number of fused-ring (bicyclic) bond motifs is 1. The van der Waals surface area contributed by atoms with Gasteiger partial charge in [0, 0.05) is 6.04 Å². The van der Waals surface area contributed by atoms with Crippen molar-refractivity contribution in [2.75, 3.05) is 6.54 Å². The molecule has 15 heavy (non-hydrogen) atoms. The van der Waals surface area contributed by atoms with Crippen LogP contribution in [-0.2, 0) is 5.60 Å². The molecule has 3 atom stereocenters. The minimum absolute atomic E-state index is 0.278. The smallest absolute Gasteiger partial charge is 0.105 e. The van der Waals surface area contributed by atoms with Gasteiger partial charge >= 0.3 is 0 Å². The molecule has 0 spiro atoms. The number of hydrogen-bond acceptors (Lipinski definition) is 2. The Balaban J connectivity index is 1.97. The van der Waals surface area contributed by atoms with Crippen molar-refractivity contribution in [3.63, 3.8) is 0 Å². The van der Waals surface area contributed by atoms with Crippen molar-refractivity contribution in [1.29, 1.82) is 0 Å². The van der Waals surface area contributed by atoms with Gasteiger partial charge in [-0.05, 0) is 37.3 Å². The molecule has 2 N–H and O–H groups in total. The summed E-state index contributed by atoms with van der Waals surface area (Å²) in [5.41, 5.74) is 0.453. The highest BCUT2D eigenvalue weighted by Crippen LogP contribution is 2.45. The molecule has 3 rings (SSSR count). The van der Waals surface area contributed by atoms with Crippen LogP contribution >= 0.6 is 0 Å². The van der Waals surface area contributed by atoms with Gasteiger partial charge in [-0.15, -0.1) is 0 Å². The van der Waals surface area contributed by atoms with Crippen LogP contribution in [0.3, 0.4) is 0 Å². The molecule has 2 fully saturated rings. The Hall–Kier alpha value is -0.860. The third-order valence-electron chi connectivity index (χ3n) is 4.04. The van der Waals surface area contributed by atoms with Crippen molar-refractivity contribution >= 4 is 0 Å². The van der Waals surface area contributed by atoms with Crippen LogP contribution < -0.4 is 5.32 Å². The van der Waals surface area contributed by atoms with Gasteiger partial charge in [-0.2, -0.15) is 0 Å². The number of hydrogen-bond donors (Lipinski definition) is 2. The van der Waals surface area contributed by atoms with E-state index in [0.29, 0.717) is 5.92 Å². The molecule has 1 saturated carbocycles. The van der Waals surface area contributed by atoms with E-state index in [9.17, 15) is 5.11 Å². The van der Waals surface area contributed by atoms with E-state index < -0.39 is 5.60 Å². The molecule has 1 aliphatic carbocycles. The lowest BCUT2D eigenvalue weighted by atomic mass is 9.87. The lowest BCUT2D eigenvalue weighted by Gasteiger charge is -2.30. The molecule has 0 radical (unpaired) electrons. The lowest BCUT2D eigenvalue weighted by molar-refractivity contribution is 0.0168. The van der Waals surface area contributed by atoms with E-state index >= 15 is 0 Å². The standard InChI is InChI=1S/C13H17NO/c15-13(11-4-2-1-3-5-11)8-6-10-7-9-14-12(10)13/h1-5,10,12,14-15H,6-9H2/t10-,12+,13+/m1/s1. The summed E-state index contributed by atoms with van der Waals surface area (Å²) in [7, 11) is 0. The third kappa shape index (κ3) is 1.32. The summed E-state index contributed by atoms with van der Waals surface area (Å²) in [6.07, 6.45) is 3.28. The van der Waals surface area contributed by atoms with Crippen molar-refractivity contribution < 1.29 is 5.11 Å². The fraction of sp³-hybridized carbons (Fsp3) is 0.538. The summed E-state index contributed by atoms with van der Waals surface area (Å²) in [6.45, 7) is 1.06. The van der Waals surface area contributed by atoms with Crippen molar-refractivity contribution in [3.8, 4) is 0 Å². The van der Waals surface area contributed by atoms with Crippen LogP contribution in [0.1, 0.15) is 24.8 Å². The van der Waals surface area contributed by atoms with E-state index in [0.717, 1.165) is 24.9 Å². The number of benzene rings is 1. The maximum atomic E-state index is 10.8. The average molecular weight is 203 g/mol. The zero-order valence-corrected chi connectivity index (χ0v) is 8.82. The predicted octanol–water partition coefficient (Wildman–Crippen LogP) is 1.65. The van der Waals surface area contributed by atoms with Gasteiger partial charge < -0.3 is 10.4 Å². The van der Waals surface area contributed by atoms with Gasteiger partial charge in [-0.3, -0.25) is 0 Å². The predicted molar refractivity (Wildman–Crippen MR) is 59.5 cm³/mol. The van der Waals surface area contributed by atoms with Gasteiger partial charge in [-0.25, -0.2) is 0 Å². The van der Waals surface area contributed by atoms with Crippen LogP contribution in [0, 0.1) is 5.92 Å². The van der Waals surface area contributed by atoms with Gasteiger partial charge in [-0.1, -0.05) is 30.3 Å². The van der Waals surface area contributed by atoms with Crippen molar-refractivity contribution in [3.05, 3.63) is 35.9 Å². The fourth-order valence-electron chi connectivity index (χ4n) is 3.24. The van der Waals surface area contributed by atoms with Crippen molar-refractivity contribution in [2.24, 2.45) is 5.92 Å². The molecule has 1 aromatic carbocycles. The molecule has 1 saturated heterocycles. The van der Waals surface area contributed by atoms with Crippen LogP contribution in [0.5, 0.6) is 0 Å². The first-order valence-electron chi connectivity index (χ1n) is 5.82. The van der Waals surface area contributed by atoms with Crippen LogP contribution in [-0.4, -0.2) is 17.7 Å². The van der Waals surface area contributed by atoms with Crippen LogP contribution in [0.25, 0.3) is 0 Å². The molecule has 2 aliphatic rings. The Morgan fingerprint density at radius 1 is 1.20 bits per heavy atom. The first kappa shape index (κ1) is 9.37. The summed E-state index contributed by atoms with van der Waals surface area (Å²) in [6, 6.07) is 10.4. The van der Waals surface area contributed by atoms with E-state index in [-0.39, 0.29) is 6.04 Å². The molecule has 2 nitrogen and oxygen atoms in total. The Kier molecular flexibility index (Phi) is 2.08. The van der Waals surface area contributed by atoms with E-state index in [2.05, 4.69) is 5.32 Å². The summed E-state index contributed by atoms with van der Waals surface area (Å²) in [4.78, 5) is 0. The van der Waals surface area contributed by atoms with Crippen LogP contribution in [0.2, 0.25) is 0 Å². The maximum absolute atomic E-state index is 10.8. The summed E-state index contributed by atoms with van der Waals surface area (Å²) in [5.74, 6) is 0.676. The maximum Gasteiger partial charge on any atom is 0.105 e. The highest BCUT2D eigenvalue weighted by molar-refractivity contribution is 5.27. The van der Waals surface area contributed by atoms with Crippen LogP contribution in [0.4, 0.5) is 0 Å². The Labute approximate surface area is 90.3 Å². The molecule has 2 heteroatoms. The van der Waals surface area contributed by atoms with Gasteiger partial charge in [0.15, 0.2) is 0 Å². The normalized spacial score (nSPS) is 39.3. The lowest BCUT2D eigenvalue weighted by Crippen LogP contribution is -2.43. The molecular formula is C13H17NO. The second kappa shape index (κ2) is 3.32. The first-order chi connectivity index (χ1) is 7.31. The van der Waals surface area contributed by atoms with Gasteiger partial charge in [0.1, 0.15) is 5.60 Å². The second-order valence-electron chi connectivity index (χ2n) is 4.81. The van der Waals surface area contributed by atoms with E-state index in [1.165, 1.54) is 6.42 Å². The van der Waals surface area contributed by atoms with Gasteiger partial charge in [0.2, 0.25) is 0 Å². The molecular weight excluding hydrogens is 186 g/mol. The summed E-state index contributed by atoms with van der Waals surface area (Å²) in [5, 5.41) is 14.2. The highest BCUT2D eigenvalue weighted by atomic mass is 16.3. The molecule has 1 aromatic rings. The molecule has 0 amide bonds. The van der Waals surface area contributed by atoms with E-state index in [1.54, 1.807) is 0 Å². The molecule has 0 aromatic heterocycles. The average Bonchev–Trinajstić information content (AvgIpc) is 2.85. The zero-order chi connectivity index (χ0) is 10.3. The monoisotopic (exact) mass is 203 g/mol. The van der Waals surface area contributed by atoms with Gasteiger partial charge in [0.05, 0.1) is 0 Å². The molecule has 1 aliphatic heterocycles. The molecule has 80 valence electrons. The second-order valence-corrected chi connectivity index (χ2v) is 4.81. The van der Waals surface area contributed by atoms with E-state index in [4.69, 9.17) is 0 Å². The minimum atomic E-state index is -0.623. The Morgan fingerprint density at radius 2 is 2.00 bits per heavy atom. The van der Waals surface area contributed by atoms with Gasteiger partial charge in [0.25, 0.3) is 0 Å². The highest BCUT2D eigenvalue weighted by Gasteiger charge is 2.49. The minimum Gasteiger partial charge on any atom is -0.384 e. The number of nitrogens with one attached hydrogen (secondary N) is 1. The Morgan fingerprint density at radius 3 is 2.80 bits per heavy atom. The summed E-state index contributed by atoms with van der Waals surface area (Å²) >= 11 is 0.